The smallest absolute Gasteiger partial charge is 0.233 e. The summed E-state index contributed by atoms with van der Waals surface area (Å²) in [4.78, 5) is 23.8. The van der Waals surface area contributed by atoms with E-state index in [4.69, 9.17) is 4.74 Å². The van der Waals surface area contributed by atoms with Gasteiger partial charge in [0.05, 0.1) is 29.9 Å². The third-order valence-corrected chi connectivity index (χ3v) is 6.28. The van der Waals surface area contributed by atoms with Crippen LogP contribution in [0.5, 0.6) is 5.75 Å². The number of nitrogens with one attached hydrogen (secondary N) is 1. The lowest BCUT2D eigenvalue weighted by Crippen LogP contribution is -2.31. The van der Waals surface area contributed by atoms with Crippen LogP contribution in [-0.2, 0) is 4.79 Å². The van der Waals surface area contributed by atoms with E-state index in [-0.39, 0.29) is 11.9 Å². The maximum absolute atomic E-state index is 12.7. The van der Waals surface area contributed by atoms with Crippen LogP contribution in [0.3, 0.4) is 0 Å². The molecule has 0 unspecified atom stereocenters. The Hall–Kier alpha value is -1.99. The number of thiophene rings is 1. The van der Waals surface area contributed by atoms with Crippen molar-refractivity contribution in [3.8, 4) is 5.75 Å². The molecule has 0 bridgehead atoms. The van der Waals surface area contributed by atoms with Crippen molar-refractivity contribution in [2.24, 2.45) is 0 Å². The van der Waals surface area contributed by atoms with Crippen LogP contribution in [0.2, 0.25) is 0 Å². The van der Waals surface area contributed by atoms with Gasteiger partial charge in [-0.25, -0.2) is 4.98 Å². The molecule has 1 fully saturated rings. The van der Waals surface area contributed by atoms with Crippen LogP contribution in [0, 0.1) is 0 Å². The molecule has 0 radical (unpaired) electrons. The molecular formula is C18H19N3O2S2. The van der Waals surface area contributed by atoms with E-state index in [0.717, 1.165) is 41.3 Å². The van der Waals surface area contributed by atoms with Crippen molar-refractivity contribution in [1.29, 1.82) is 0 Å². The lowest BCUT2D eigenvalue weighted by Gasteiger charge is -2.23. The number of aromatic amines is 1. The zero-order valence-corrected chi connectivity index (χ0v) is 15.5. The summed E-state index contributed by atoms with van der Waals surface area (Å²) in [5, 5.41) is 2.84. The molecule has 7 heteroatoms. The Morgan fingerprint density at radius 1 is 1.48 bits per heavy atom. The highest BCUT2D eigenvalue weighted by atomic mass is 32.2. The number of hydrogen-bond donors (Lipinski definition) is 1. The Bertz CT molecular complexity index is 876. The van der Waals surface area contributed by atoms with E-state index in [1.54, 1.807) is 18.4 Å². The van der Waals surface area contributed by atoms with Crippen molar-refractivity contribution >= 4 is 40.0 Å². The summed E-state index contributed by atoms with van der Waals surface area (Å²) >= 11 is 3.19. The van der Waals surface area contributed by atoms with Crippen molar-refractivity contribution in [1.82, 2.24) is 14.9 Å². The van der Waals surface area contributed by atoms with Crippen LogP contribution in [0.1, 0.15) is 23.8 Å². The first-order valence-corrected chi connectivity index (χ1v) is 10.1. The first-order chi connectivity index (χ1) is 12.2. The molecule has 3 aromatic rings. The number of nitrogens with zero attached hydrogens (tertiary/aromatic N) is 2. The van der Waals surface area contributed by atoms with E-state index in [9.17, 15) is 4.79 Å². The molecule has 3 heterocycles. The van der Waals surface area contributed by atoms with Crippen molar-refractivity contribution in [2.75, 3.05) is 19.4 Å². The van der Waals surface area contributed by atoms with Gasteiger partial charge >= 0.3 is 0 Å². The average Bonchev–Trinajstić information content (AvgIpc) is 3.38. The average molecular weight is 374 g/mol. The normalized spacial score (nSPS) is 17.3. The number of carbonyl (C=O) groups is 1. The van der Waals surface area contributed by atoms with Gasteiger partial charge in [-0.05, 0) is 36.4 Å². The second kappa shape index (κ2) is 7.09. The fourth-order valence-electron chi connectivity index (χ4n) is 3.22. The summed E-state index contributed by atoms with van der Waals surface area (Å²) < 4.78 is 5.23. The molecule has 1 N–H and O–H groups in total. The standard InChI is InChI=1S/C18H19N3O2S2/c1-23-12-6-7-13-14(10-12)20-18(19-13)25-11-17(22)21-8-2-4-15(21)16-5-3-9-24-16/h3,5-7,9-10,15H,2,4,8,11H2,1H3,(H,19,20)/t15-/m0/s1. The minimum absolute atomic E-state index is 0.180. The number of ether oxygens (including phenoxy) is 1. The number of rotatable bonds is 5. The van der Waals surface area contributed by atoms with Gasteiger partial charge in [-0.2, -0.15) is 0 Å². The molecule has 25 heavy (non-hydrogen) atoms. The predicted molar refractivity (Wildman–Crippen MR) is 101 cm³/mol. The van der Waals surface area contributed by atoms with Crippen LogP contribution < -0.4 is 4.74 Å². The highest BCUT2D eigenvalue weighted by Gasteiger charge is 2.30. The Kier molecular flexibility index (Phi) is 4.67. The molecule has 0 aliphatic carbocycles. The third-order valence-electron chi connectivity index (χ3n) is 4.44. The minimum atomic E-state index is 0.180. The predicted octanol–water partition coefficient (Wildman–Crippen LogP) is 4.09. The summed E-state index contributed by atoms with van der Waals surface area (Å²) in [5.41, 5.74) is 1.81. The number of benzene rings is 1. The summed E-state index contributed by atoms with van der Waals surface area (Å²) in [6.45, 7) is 0.847. The summed E-state index contributed by atoms with van der Waals surface area (Å²) in [7, 11) is 1.64. The lowest BCUT2D eigenvalue weighted by molar-refractivity contribution is -0.129. The van der Waals surface area contributed by atoms with Gasteiger partial charge in [-0.1, -0.05) is 17.8 Å². The molecule has 5 nitrogen and oxygen atoms in total. The zero-order chi connectivity index (χ0) is 17.2. The van der Waals surface area contributed by atoms with Crippen molar-refractivity contribution < 1.29 is 9.53 Å². The molecule has 1 aromatic carbocycles. The molecule has 0 spiro atoms. The molecule has 1 saturated heterocycles. The van der Waals surface area contributed by atoms with Crippen LogP contribution >= 0.6 is 23.1 Å². The van der Waals surface area contributed by atoms with Gasteiger partial charge < -0.3 is 14.6 Å². The number of carbonyl (C=O) groups excluding carboxylic acids is 1. The number of fused-ring (bicyclic) bond motifs is 1. The Morgan fingerprint density at radius 3 is 3.20 bits per heavy atom. The molecule has 130 valence electrons. The number of amides is 1. The van der Waals surface area contributed by atoms with E-state index >= 15 is 0 Å². The van der Waals surface area contributed by atoms with Crippen molar-refractivity contribution in [3.63, 3.8) is 0 Å². The SMILES string of the molecule is COc1ccc2nc(SCC(=O)N3CCC[C@H]3c3cccs3)[nH]c2c1. The maximum atomic E-state index is 12.7. The van der Waals surface area contributed by atoms with E-state index in [2.05, 4.69) is 27.5 Å². The van der Waals surface area contributed by atoms with E-state index in [0.29, 0.717) is 5.75 Å². The summed E-state index contributed by atoms with van der Waals surface area (Å²) in [6.07, 6.45) is 2.13. The Balaban J connectivity index is 1.43. The topological polar surface area (TPSA) is 58.2 Å². The Morgan fingerprint density at radius 2 is 2.40 bits per heavy atom. The number of thioether (sulfide) groups is 1. The van der Waals surface area contributed by atoms with Crippen LogP contribution in [-0.4, -0.2) is 40.2 Å². The first kappa shape index (κ1) is 16.5. The summed E-state index contributed by atoms with van der Waals surface area (Å²) in [5.74, 6) is 1.37. The largest absolute Gasteiger partial charge is 0.497 e. The van der Waals surface area contributed by atoms with Crippen molar-refractivity contribution in [2.45, 2.75) is 24.0 Å². The molecule has 1 aliphatic rings. The quantitative estimate of drug-likeness (QED) is 0.685. The second-order valence-electron chi connectivity index (χ2n) is 5.97. The van der Waals surface area contributed by atoms with E-state index < -0.39 is 0 Å². The highest BCUT2D eigenvalue weighted by molar-refractivity contribution is 7.99. The lowest BCUT2D eigenvalue weighted by atomic mass is 10.2. The van der Waals surface area contributed by atoms with Crippen molar-refractivity contribution in [3.05, 3.63) is 40.6 Å². The van der Waals surface area contributed by atoms with Crippen LogP contribution in [0.4, 0.5) is 0 Å². The number of aromatic nitrogens is 2. The zero-order valence-electron chi connectivity index (χ0n) is 13.9. The van der Waals surface area contributed by atoms with Gasteiger partial charge in [0.2, 0.25) is 5.91 Å². The molecule has 0 saturated carbocycles. The molecule has 4 rings (SSSR count). The van der Waals surface area contributed by atoms with Crippen LogP contribution in [0.15, 0.2) is 40.9 Å². The molecule has 2 aromatic heterocycles. The van der Waals surface area contributed by atoms with E-state index in [1.165, 1.54) is 16.6 Å². The Labute approximate surface area is 154 Å². The van der Waals surface area contributed by atoms with Crippen LogP contribution in [0.25, 0.3) is 11.0 Å². The molecular weight excluding hydrogens is 354 g/mol. The van der Waals surface area contributed by atoms with Gasteiger partial charge in [0.1, 0.15) is 5.75 Å². The number of likely N-dealkylation sites (tertiary alicyclic amines) is 1. The number of imidazole rings is 1. The number of methoxy groups -OCH3 is 1. The first-order valence-electron chi connectivity index (χ1n) is 8.24. The second-order valence-corrected chi connectivity index (χ2v) is 7.92. The number of H-pyrrole nitrogens is 1. The monoisotopic (exact) mass is 373 g/mol. The van der Waals surface area contributed by atoms with Gasteiger partial charge in [0.15, 0.2) is 5.16 Å². The molecule has 1 amide bonds. The fraction of sp³-hybridized carbons (Fsp3) is 0.333. The van der Waals surface area contributed by atoms with Gasteiger partial charge in [0, 0.05) is 17.5 Å². The molecule has 1 aliphatic heterocycles. The fourth-order valence-corrected chi connectivity index (χ4v) is 4.86. The van der Waals surface area contributed by atoms with E-state index in [1.807, 2.05) is 23.1 Å². The minimum Gasteiger partial charge on any atom is -0.497 e. The number of hydrogen-bond acceptors (Lipinski definition) is 5. The highest BCUT2D eigenvalue weighted by Crippen LogP contribution is 2.35. The van der Waals surface area contributed by atoms with Gasteiger partial charge in [0.25, 0.3) is 0 Å². The maximum Gasteiger partial charge on any atom is 0.233 e. The third kappa shape index (κ3) is 3.39. The van der Waals surface area contributed by atoms with Gasteiger partial charge in [-0.15, -0.1) is 11.3 Å². The van der Waals surface area contributed by atoms with Gasteiger partial charge in [-0.3, -0.25) is 4.79 Å². The molecule has 1 atom stereocenters. The summed E-state index contributed by atoms with van der Waals surface area (Å²) in [6, 6.07) is 10.1.